The summed E-state index contributed by atoms with van der Waals surface area (Å²) >= 11 is 1.75. The Kier molecular flexibility index (Phi) is 3.64. The van der Waals surface area contributed by atoms with Gasteiger partial charge in [0.05, 0.1) is 18.4 Å². The Morgan fingerprint density at radius 2 is 2.29 bits per heavy atom. The Hall–Kier alpha value is -2.55. The van der Waals surface area contributed by atoms with Crippen LogP contribution in [-0.2, 0) is 24.2 Å². The number of nitrogens with one attached hydrogen (secondary N) is 1. The molecule has 3 aliphatic rings. The summed E-state index contributed by atoms with van der Waals surface area (Å²) in [5, 5.41) is 7.34. The molecule has 0 aliphatic carbocycles. The SMILES string of the molecule is COC(=O)c1cn(CCc2cn3c(n2)SCC3)cc2c(=O)[nH]nc1-2. The minimum absolute atomic E-state index is 0.274. The Bertz CT molecular complexity index is 920. The van der Waals surface area contributed by atoms with E-state index in [1.807, 2.05) is 4.57 Å². The predicted octanol–water partition coefficient (Wildman–Crippen LogP) is 1.01. The van der Waals surface area contributed by atoms with E-state index in [9.17, 15) is 9.59 Å². The number of fused-ring (bicyclic) bond motifs is 2. The summed E-state index contributed by atoms with van der Waals surface area (Å²) in [5.74, 6) is 0.557. The van der Waals surface area contributed by atoms with E-state index >= 15 is 0 Å². The van der Waals surface area contributed by atoms with Gasteiger partial charge in [0.25, 0.3) is 5.56 Å². The van der Waals surface area contributed by atoms with Crippen molar-refractivity contribution >= 4 is 17.7 Å². The van der Waals surface area contributed by atoms with Crippen molar-refractivity contribution in [1.29, 1.82) is 0 Å². The number of thioether (sulfide) groups is 1. The van der Waals surface area contributed by atoms with E-state index in [-0.39, 0.29) is 11.1 Å². The fourth-order valence-corrected chi connectivity index (χ4v) is 3.77. The van der Waals surface area contributed by atoms with E-state index < -0.39 is 5.97 Å². The lowest BCUT2D eigenvalue weighted by molar-refractivity contribution is 0.0600. The van der Waals surface area contributed by atoms with Crippen LogP contribution >= 0.6 is 11.8 Å². The summed E-state index contributed by atoms with van der Waals surface area (Å²) in [6.45, 7) is 1.60. The van der Waals surface area contributed by atoms with Crippen LogP contribution in [0.25, 0.3) is 11.3 Å². The number of aromatic amines is 1. The Morgan fingerprint density at radius 3 is 3.08 bits per heavy atom. The highest BCUT2D eigenvalue weighted by Gasteiger charge is 2.22. The van der Waals surface area contributed by atoms with Gasteiger partial charge in [0.1, 0.15) is 11.3 Å². The second-order valence-electron chi connectivity index (χ2n) is 5.52. The van der Waals surface area contributed by atoms with Crippen LogP contribution < -0.4 is 5.56 Å². The first-order chi connectivity index (χ1) is 11.7. The fraction of sp³-hybridized carbons (Fsp3) is 0.333. The van der Waals surface area contributed by atoms with Gasteiger partial charge in [-0.3, -0.25) is 4.79 Å². The van der Waals surface area contributed by atoms with Crippen LogP contribution in [0.1, 0.15) is 16.1 Å². The van der Waals surface area contributed by atoms with Crippen LogP contribution in [0.2, 0.25) is 0 Å². The molecule has 0 unspecified atom stereocenters. The molecule has 0 saturated heterocycles. The van der Waals surface area contributed by atoms with Crippen LogP contribution in [0.3, 0.4) is 0 Å². The van der Waals surface area contributed by atoms with Crippen molar-refractivity contribution in [3.63, 3.8) is 0 Å². The lowest BCUT2D eigenvalue weighted by Gasteiger charge is -2.11. The topological polar surface area (TPSA) is 94.8 Å². The molecule has 3 aliphatic heterocycles. The third-order valence-electron chi connectivity index (χ3n) is 4.00. The average Bonchev–Trinajstić information content (AvgIpc) is 3.27. The van der Waals surface area contributed by atoms with Crippen LogP contribution in [0.15, 0.2) is 28.5 Å². The normalized spacial score (nSPS) is 13.4. The monoisotopic (exact) mass is 345 g/mol. The minimum Gasteiger partial charge on any atom is -0.465 e. The quantitative estimate of drug-likeness (QED) is 0.709. The number of imidazole rings is 1. The summed E-state index contributed by atoms with van der Waals surface area (Å²) in [5.41, 5.74) is 1.67. The number of carbonyl (C=O) groups is 1. The van der Waals surface area contributed by atoms with Gasteiger partial charge >= 0.3 is 5.97 Å². The van der Waals surface area contributed by atoms with Crippen molar-refractivity contribution in [2.75, 3.05) is 12.9 Å². The van der Waals surface area contributed by atoms with Crippen molar-refractivity contribution in [1.82, 2.24) is 24.3 Å². The zero-order valence-electron chi connectivity index (χ0n) is 13.0. The molecule has 0 fully saturated rings. The Balaban J connectivity index is 1.63. The number of rotatable bonds is 4. The maximum atomic E-state index is 11.9. The number of pyridine rings is 1. The van der Waals surface area contributed by atoms with E-state index in [0.717, 1.165) is 23.1 Å². The summed E-state index contributed by atoms with van der Waals surface area (Å²) in [7, 11) is 1.31. The van der Waals surface area contributed by atoms with Gasteiger partial charge < -0.3 is 13.9 Å². The third kappa shape index (κ3) is 2.50. The van der Waals surface area contributed by atoms with Gasteiger partial charge in [0, 0.05) is 43.9 Å². The molecule has 9 heteroatoms. The van der Waals surface area contributed by atoms with Gasteiger partial charge in [-0.1, -0.05) is 11.8 Å². The van der Waals surface area contributed by atoms with Gasteiger partial charge in [-0.15, -0.1) is 0 Å². The highest BCUT2D eigenvalue weighted by molar-refractivity contribution is 7.99. The molecule has 0 aromatic carbocycles. The molecule has 4 heterocycles. The lowest BCUT2D eigenvalue weighted by Crippen LogP contribution is -2.13. The molecule has 0 atom stereocenters. The summed E-state index contributed by atoms with van der Waals surface area (Å²) < 4.78 is 8.75. The number of carbonyl (C=O) groups excluding carboxylic acids is 1. The zero-order valence-corrected chi connectivity index (χ0v) is 13.8. The minimum atomic E-state index is -0.516. The number of nitrogens with zero attached hydrogens (tertiary/aromatic N) is 4. The molecule has 1 N–H and O–H groups in total. The van der Waals surface area contributed by atoms with Gasteiger partial charge in [0.15, 0.2) is 5.16 Å². The van der Waals surface area contributed by atoms with E-state index in [1.54, 1.807) is 24.2 Å². The molecule has 0 radical (unpaired) electrons. The van der Waals surface area contributed by atoms with Crippen LogP contribution in [0.4, 0.5) is 0 Å². The molecule has 124 valence electrons. The Labute approximate surface area is 141 Å². The number of ether oxygens (including phenoxy) is 1. The van der Waals surface area contributed by atoms with Crippen molar-refractivity contribution in [3.8, 4) is 11.3 Å². The number of H-pyrrole nitrogens is 1. The van der Waals surface area contributed by atoms with Crippen molar-refractivity contribution in [2.45, 2.75) is 24.7 Å². The third-order valence-corrected chi connectivity index (χ3v) is 4.97. The van der Waals surface area contributed by atoms with Crippen LogP contribution in [0, 0.1) is 0 Å². The second kappa shape index (κ2) is 5.82. The molecule has 0 bridgehead atoms. The number of aromatic nitrogens is 5. The van der Waals surface area contributed by atoms with Crippen molar-refractivity contribution in [3.05, 3.63) is 40.2 Å². The maximum absolute atomic E-state index is 11.9. The average molecular weight is 345 g/mol. The molecule has 24 heavy (non-hydrogen) atoms. The first-order valence-electron chi connectivity index (χ1n) is 7.51. The second-order valence-corrected chi connectivity index (χ2v) is 6.59. The van der Waals surface area contributed by atoms with Gasteiger partial charge in [0.2, 0.25) is 0 Å². The summed E-state index contributed by atoms with van der Waals surface area (Å²) in [6, 6.07) is 0. The molecule has 1 aromatic rings. The summed E-state index contributed by atoms with van der Waals surface area (Å²) in [6.07, 6.45) is 6.13. The largest absolute Gasteiger partial charge is 0.465 e. The first kappa shape index (κ1) is 15.0. The number of hydrogen-bond acceptors (Lipinski definition) is 6. The Morgan fingerprint density at radius 1 is 1.42 bits per heavy atom. The standard InChI is InChI=1S/C15H15N5O3S/c1-23-14(22)11-8-19(7-10-12(11)17-18-13(10)21)3-2-9-6-20-4-5-24-15(20)16-9/h6-8H,2-5H2,1H3,(H,18,21). The molecule has 0 spiro atoms. The fourth-order valence-electron chi connectivity index (χ4n) is 2.80. The van der Waals surface area contributed by atoms with Crippen molar-refractivity contribution in [2.24, 2.45) is 0 Å². The van der Waals surface area contributed by atoms with E-state index in [0.29, 0.717) is 24.2 Å². The number of aryl methyl sites for hydroxylation is 3. The highest BCUT2D eigenvalue weighted by atomic mass is 32.2. The van der Waals surface area contributed by atoms with Gasteiger partial charge in [-0.2, -0.15) is 5.10 Å². The van der Waals surface area contributed by atoms with Gasteiger partial charge in [-0.05, 0) is 0 Å². The number of esters is 1. The van der Waals surface area contributed by atoms with E-state index in [4.69, 9.17) is 4.74 Å². The number of hydrogen-bond donors (Lipinski definition) is 1. The summed E-state index contributed by atoms with van der Waals surface area (Å²) in [4.78, 5) is 28.4. The molecular formula is C15H15N5O3S. The first-order valence-corrected chi connectivity index (χ1v) is 8.49. The maximum Gasteiger partial charge on any atom is 0.341 e. The molecule has 0 amide bonds. The molecule has 1 aromatic heterocycles. The van der Waals surface area contributed by atoms with E-state index in [2.05, 4.69) is 25.9 Å². The van der Waals surface area contributed by atoms with Crippen LogP contribution in [0.5, 0.6) is 0 Å². The highest BCUT2D eigenvalue weighted by Crippen LogP contribution is 2.25. The molecule has 8 nitrogen and oxygen atoms in total. The number of methoxy groups -OCH3 is 1. The predicted molar refractivity (Wildman–Crippen MR) is 87.5 cm³/mol. The van der Waals surface area contributed by atoms with Crippen LogP contribution in [-0.4, -0.2) is 43.1 Å². The lowest BCUT2D eigenvalue weighted by atomic mass is 10.1. The molecule has 0 saturated carbocycles. The molecular weight excluding hydrogens is 330 g/mol. The van der Waals surface area contributed by atoms with E-state index in [1.165, 1.54) is 7.11 Å². The molecule has 4 rings (SSSR count). The van der Waals surface area contributed by atoms with Gasteiger partial charge in [-0.25, -0.2) is 14.9 Å². The zero-order chi connectivity index (χ0) is 16.7. The smallest absolute Gasteiger partial charge is 0.341 e. The van der Waals surface area contributed by atoms with Crippen molar-refractivity contribution < 1.29 is 9.53 Å².